The van der Waals surface area contributed by atoms with Crippen molar-refractivity contribution in [2.24, 2.45) is 0 Å². The Kier molecular flexibility index (Phi) is 3.63. The first-order valence-corrected chi connectivity index (χ1v) is 9.14. The van der Waals surface area contributed by atoms with Gasteiger partial charge in [0.1, 0.15) is 17.7 Å². The van der Waals surface area contributed by atoms with Crippen molar-refractivity contribution in [3.8, 4) is 5.75 Å². The fourth-order valence-electron chi connectivity index (χ4n) is 3.99. The fraction of sp³-hybridized carbons (Fsp3) is 0.238. The van der Waals surface area contributed by atoms with Crippen molar-refractivity contribution in [2.45, 2.75) is 25.6 Å². The Hall–Kier alpha value is -3.28. The molecule has 3 heterocycles. The van der Waals surface area contributed by atoms with Gasteiger partial charge in [0, 0.05) is 24.7 Å². The van der Waals surface area contributed by atoms with Gasteiger partial charge in [0.2, 0.25) is 0 Å². The molecule has 3 aromatic rings. The number of methoxy groups -OCH3 is 1. The number of hydrogen-bond acceptors (Lipinski definition) is 4. The first kappa shape index (κ1) is 15.9. The van der Waals surface area contributed by atoms with Gasteiger partial charge in [0.05, 0.1) is 30.3 Å². The van der Waals surface area contributed by atoms with E-state index >= 15 is 0 Å². The fourth-order valence-corrected chi connectivity index (χ4v) is 3.99. The molecule has 0 spiro atoms. The molecule has 1 aromatic heterocycles. The maximum atomic E-state index is 13.4. The molecule has 136 valence electrons. The molecule has 0 aliphatic carbocycles. The minimum atomic E-state index is -0.321. The van der Waals surface area contributed by atoms with Crippen molar-refractivity contribution in [3.05, 3.63) is 71.8 Å². The molecule has 27 heavy (non-hydrogen) atoms. The zero-order valence-electron chi connectivity index (χ0n) is 15.1. The van der Waals surface area contributed by atoms with E-state index in [-0.39, 0.29) is 12.1 Å². The molecule has 0 bridgehead atoms. The summed E-state index contributed by atoms with van der Waals surface area (Å²) in [7, 11) is 1.63. The molecule has 1 amide bonds. The average Bonchev–Trinajstić information content (AvgIpc) is 3.32. The van der Waals surface area contributed by atoms with Crippen LogP contribution in [0.4, 0.5) is 11.4 Å². The molecule has 1 N–H and O–H groups in total. The molecule has 0 saturated carbocycles. The van der Waals surface area contributed by atoms with Crippen LogP contribution in [0.3, 0.4) is 0 Å². The third-order valence-corrected chi connectivity index (χ3v) is 5.29. The normalized spacial score (nSPS) is 18.0. The lowest BCUT2D eigenvalue weighted by atomic mass is 10.1. The van der Waals surface area contributed by atoms with E-state index in [0.717, 1.165) is 48.0 Å². The summed E-state index contributed by atoms with van der Waals surface area (Å²) in [6, 6.07) is 15.2. The van der Waals surface area contributed by atoms with Gasteiger partial charge in [0.15, 0.2) is 0 Å². The van der Waals surface area contributed by atoms with E-state index in [1.807, 2.05) is 54.7 Å². The van der Waals surface area contributed by atoms with Crippen molar-refractivity contribution in [1.82, 2.24) is 9.55 Å². The van der Waals surface area contributed by atoms with Gasteiger partial charge in [-0.2, -0.15) is 0 Å². The van der Waals surface area contributed by atoms with Crippen LogP contribution in [0.1, 0.15) is 34.5 Å². The smallest absolute Gasteiger partial charge is 0.262 e. The van der Waals surface area contributed by atoms with Gasteiger partial charge >= 0.3 is 0 Å². The van der Waals surface area contributed by atoms with Gasteiger partial charge in [-0.3, -0.25) is 9.69 Å². The van der Waals surface area contributed by atoms with E-state index in [1.165, 1.54) is 0 Å². The molecule has 1 unspecified atom stereocenters. The van der Waals surface area contributed by atoms with Crippen LogP contribution in [-0.2, 0) is 13.0 Å². The minimum absolute atomic E-state index is 0.0313. The Morgan fingerprint density at radius 1 is 1.19 bits per heavy atom. The van der Waals surface area contributed by atoms with E-state index in [1.54, 1.807) is 12.0 Å². The monoisotopic (exact) mass is 360 g/mol. The standard InChI is InChI=1S/C21H20N4O2/c1-27-15-7-4-6-14(12-15)25-20(18-13-22-19-10-5-11-24(18)19)23-17-9-3-2-8-16(17)21(25)26/h2-4,6-9,12-13,20,23H,5,10-11H2,1H3. The highest BCUT2D eigenvalue weighted by atomic mass is 16.5. The molecule has 0 saturated heterocycles. The van der Waals surface area contributed by atoms with Crippen LogP contribution >= 0.6 is 0 Å². The number of aromatic nitrogens is 2. The Morgan fingerprint density at radius 2 is 2.07 bits per heavy atom. The molecule has 2 aromatic carbocycles. The number of rotatable bonds is 3. The lowest BCUT2D eigenvalue weighted by Crippen LogP contribution is -2.44. The van der Waals surface area contributed by atoms with Crippen LogP contribution in [-0.4, -0.2) is 22.6 Å². The third kappa shape index (κ3) is 2.48. The third-order valence-electron chi connectivity index (χ3n) is 5.29. The maximum absolute atomic E-state index is 13.4. The molecule has 5 rings (SSSR count). The number of ether oxygens (including phenoxy) is 1. The first-order valence-electron chi connectivity index (χ1n) is 9.14. The summed E-state index contributed by atoms with van der Waals surface area (Å²) in [6.45, 7) is 0.935. The van der Waals surface area contributed by atoms with Crippen LogP contribution in [0, 0.1) is 0 Å². The Morgan fingerprint density at radius 3 is 2.96 bits per heavy atom. The van der Waals surface area contributed by atoms with E-state index < -0.39 is 0 Å². The number of nitrogens with one attached hydrogen (secondary N) is 1. The number of anilines is 2. The number of para-hydroxylation sites is 1. The van der Waals surface area contributed by atoms with Crippen molar-refractivity contribution in [3.63, 3.8) is 0 Å². The number of imidazole rings is 1. The summed E-state index contributed by atoms with van der Waals surface area (Å²) in [5, 5.41) is 3.55. The topological polar surface area (TPSA) is 59.4 Å². The summed E-state index contributed by atoms with van der Waals surface area (Å²) < 4.78 is 7.60. The summed E-state index contributed by atoms with van der Waals surface area (Å²) >= 11 is 0. The summed E-state index contributed by atoms with van der Waals surface area (Å²) in [5.41, 5.74) is 3.31. The summed E-state index contributed by atoms with van der Waals surface area (Å²) in [5.74, 6) is 1.77. The minimum Gasteiger partial charge on any atom is -0.497 e. The number of carbonyl (C=O) groups excluding carboxylic acids is 1. The molecule has 0 radical (unpaired) electrons. The number of carbonyl (C=O) groups is 1. The van der Waals surface area contributed by atoms with E-state index in [4.69, 9.17) is 4.74 Å². The van der Waals surface area contributed by atoms with E-state index in [0.29, 0.717) is 5.56 Å². The number of nitrogens with zero attached hydrogens (tertiary/aromatic N) is 3. The Balaban J connectivity index is 1.67. The Bertz CT molecular complexity index is 1030. The summed E-state index contributed by atoms with van der Waals surface area (Å²) in [6.07, 6.45) is 3.64. The molecule has 0 fully saturated rings. The molecule has 6 nitrogen and oxygen atoms in total. The number of aryl methyl sites for hydroxylation is 1. The lowest BCUT2D eigenvalue weighted by Gasteiger charge is -2.38. The van der Waals surface area contributed by atoms with E-state index in [9.17, 15) is 4.79 Å². The van der Waals surface area contributed by atoms with Crippen LogP contribution < -0.4 is 15.0 Å². The zero-order chi connectivity index (χ0) is 18.4. The van der Waals surface area contributed by atoms with Crippen LogP contribution in [0.15, 0.2) is 54.7 Å². The second-order valence-electron chi connectivity index (χ2n) is 6.82. The Labute approximate surface area is 157 Å². The molecule has 2 aliphatic rings. The van der Waals surface area contributed by atoms with Gasteiger partial charge in [0.25, 0.3) is 5.91 Å². The lowest BCUT2D eigenvalue weighted by molar-refractivity contribution is 0.0974. The maximum Gasteiger partial charge on any atom is 0.262 e. The van der Waals surface area contributed by atoms with Crippen LogP contribution in [0.2, 0.25) is 0 Å². The highest BCUT2D eigenvalue weighted by Crippen LogP contribution is 2.38. The predicted octanol–water partition coefficient (Wildman–Crippen LogP) is 3.61. The largest absolute Gasteiger partial charge is 0.497 e. The van der Waals surface area contributed by atoms with Gasteiger partial charge < -0.3 is 14.6 Å². The van der Waals surface area contributed by atoms with E-state index in [2.05, 4.69) is 14.9 Å². The van der Waals surface area contributed by atoms with Crippen molar-refractivity contribution >= 4 is 17.3 Å². The molecule has 6 heteroatoms. The van der Waals surface area contributed by atoms with Gasteiger partial charge in [-0.25, -0.2) is 4.98 Å². The number of hydrogen-bond donors (Lipinski definition) is 1. The average molecular weight is 360 g/mol. The van der Waals surface area contributed by atoms with Crippen LogP contribution in [0.5, 0.6) is 5.75 Å². The molecular weight excluding hydrogens is 340 g/mol. The first-order chi connectivity index (χ1) is 13.3. The van der Waals surface area contributed by atoms with Gasteiger partial charge in [-0.05, 0) is 30.7 Å². The van der Waals surface area contributed by atoms with Gasteiger partial charge in [-0.1, -0.05) is 18.2 Å². The number of fused-ring (bicyclic) bond motifs is 2. The second-order valence-corrected chi connectivity index (χ2v) is 6.82. The SMILES string of the molecule is COc1cccc(N2C(=O)c3ccccc3NC2c2cnc3n2CCC3)c1. The number of amides is 1. The molecular formula is C21H20N4O2. The zero-order valence-corrected chi connectivity index (χ0v) is 15.1. The van der Waals surface area contributed by atoms with Crippen molar-refractivity contribution < 1.29 is 9.53 Å². The second kappa shape index (κ2) is 6.16. The quantitative estimate of drug-likeness (QED) is 0.775. The highest BCUT2D eigenvalue weighted by molar-refractivity contribution is 6.12. The van der Waals surface area contributed by atoms with Crippen molar-refractivity contribution in [1.29, 1.82) is 0 Å². The van der Waals surface area contributed by atoms with Crippen LogP contribution in [0.25, 0.3) is 0 Å². The highest BCUT2D eigenvalue weighted by Gasteiger charge is 2.36. The predicted molar refractivity (Wildman–Crippen MR) is 103 cm³/mol. The van der Waals surface area contributed by atoms with Crippen molar-refractivity contribution in [2.75, 3.05) is 17.3 Å². The number of benzene rings is 2. The molecule has 1 atom stereocenters. The summed E-state index contributed by atoms with van der Waals surface area (Å²) in [4.78, 5) is 19.8. The van der Waals surface area contributed by atoms with Gasteiger partial charge in [-0.15, -0.1) is 0 Å². The molecule has 2 aliphatic heterocycles.